The first kappa shape index (κ1) is 13.9. The van der Waals surface area contributed by atoms with Gasteiger partial charge in [0.05, 0.1) is 6.54 Å². The van der Waals surface area contributed by atoms with E-state index in [-0.39, 0.29) is 12.4 Å². The van der Waals surface area contributed by atoms with Crippen LogP contribution in [0.1, 0.15) is 0 Å². The normalized spacial score (nSPS) is 8.91. The Labute approximate surface area is 84.4 Å². The molecule has 0 N–H and O–H groups in total. The minimum absolute atomic E-state index is 0. The molecule has 0 aromatic rings. The molecule has 0 spiro atoms. The molecular weight excluding hydrogens is 204 g/mol. The van der Waals surface area contributed by atoms with Gasteiger partial charge < -0.3 is 0 Å². The Hall–Kier alpha value is 0.390. The Morgan fingerprint density at radius 1 is 1.18 bits per heavy atom. The maximum Gasteiger partial charge on any atom is 0.0599 e. The van der Waals surface area contributed by atoms with Gasteiger partial charge in [0.25, 0.3) is 0 Å². The standard InChI is InChI=1S/C7H11Cl2N.ClH/c1-2-5-10(6-3-8)7-4-9;/h1H,3-7H2;1H. The molecule has 0 aliphatic carbocycles. The highest BCUT2D eigenvalue weighted by Crippen LogP contribution is 1.89. The van der Waals surface area contributed by atoms with Crippen LogP contribution in [0.15, 0.2) is 0 Å². The molecule has 66 valence electrons. The summed E-state index contributed by atoms with van der Waals surface area (Å²) in [5.41, 5.74) is 0. The molecule has 0 saturated heterocycles. The molecule has 0 aliphatic heterocycles. The Morgan fingerprint density at radius 2 is 1.64 bits per heavy atom. The molecule has 11 heavy (non-hydrogen) atoms. The summed E-state index contributed by atoms with van der Waals surface area (Å²) in [6.45, 7) is 2.27. The van der Waals surface area contributed by atoms with Crippen molar-refractivity contribution in [2.45, 2.75) is 0 Å². The van der Waals surface area contributed by atoms with Crippen LogP contribution in [0.5, 0.6) is 0 Å². The first-order valence-electron chi connectivity index (χ1n) is 3.13. The van der Waals surface area contributed by atoms with Crippen molar-refractivity contribution in [1.29, 1.82) is 0 Å². The van der Waals surface area contributed by atoms with E-state index in [9.17, 15) is 0 Å². The minimum atomic E-state index is 0. The molecule has 0 aliphatic rings. The van der Waals surface area contributed by atoms with Gasteiger partial charge in [0.1, 0.15) is 0 Å². The zero-order valence-electron chi connectivity index (χ0n) is 6.22. The Kier molecular flexibility index (Phi) is 13.2. The molecule has 0 fully saturated rings. The lowest BCUT2D eigenvalue weighted by atomic mass is 10.5. The number of nitrogens with zero attached hydrogens (tertiary/aromatic N) is 1. The van der Waals surface area contributed by atoms with Crippen LogP contribution in [0.4, 0.5) is 0 Å². The Balaban J connectivity index is 0. The number of rotatable bonds is 5. The van der Waals surface area contributed by atoms with Crippen molar-refractivity contribution in [2.75, 3.05) is 31.4 Å². The van der Waals surface area contributed by atoms with Crippen molar-refractivity contribution < 1.29 is 0 Å². The average molecular weight is 217 g/mol. The summed E-state index contributed by atoms with van der Waals surface area (Å²) in [5.74, 6) is 3.77. The van der Waals surface area contributed by atoms with Gasteiger partial charge in [0.2, 0.25) is 0 Å². The lowest BCUT2D eigenvalue weighted by Crippen LogP contribution is -2.28. The Bertz CT molecular complexity index is 105. The Morgan fingerprint density at radius 3 is 1.91 bits per heavy atom. The molecule has 0 heterocycles. The SMILES string of the molecule is C#CCN(CCCl)CCCl.Cl. The van der Waals surface area contributed by atoms with E-state index in [1.165, 1.54) is 0 Å². The molecule has 0 atom stereocenters. The van der Waals surface area contributed by atoms with Gasteiger partial charge in [-0.1, -0.05) is 5.92 Å². The van der Waals surface area contributed by atoms with E-state index in [4.69, 9.17) is 29.6 Å². The average Bonchev–Trinajstić information content (AvgIpc) is 1.90. The smallest absolute Gasteiger partial charge is 0.0599 e. The first-order chi connectivity index (χ1) is 4.85. The molecule has 0 bridgehead atoms. The molecule has 1 nitrogen and oxygen atoms in total. The molecule has 0 amide bonds. The van der Waals surface area contributed by atoms with Crippen LogP contribution in [-0.2, 0) is 0 Å². The highest BCUT2D eigenvalue weighted by Gasteiger charge is 1.98. The third-order valence-corrected chi connectivity index (χ3v) is 1.45. The molecule has 4 heteroatoms. The molecule has 0 aromatic heterocycles. The summed E-state index contributed by atoms with van der Waals surface area (Å²) in [4.78, 5) is 2.04. The van der Waals surface area contributed by atoms with Crippen molar-refractivity contribution >= 4 is 35.6 Å². The van der Waals surface area contributed by atoms with Gasteiger partial charge in [0, 0.05) is 24.8 Å². The summed E-state index contributed by atoms with van der Waals surface area (Å²) in [5, 5.41) is 0. The van der Waals surface area contributed by atoms with Crippen LogP contribution in [0.2, 0.25) is 0 Å². The van der Waals surface area contributed by atoms with Gasteiger partial charge in [-0.25, -0.2) is 0 Å². The van der Waals surface area contributed by atoms with Crippen molar-refractivity contribution in [1.82, 2.24) is 4.90 Å². The highest BCUT2D eigenvalue weighted by molar-refractivity contribution is 6.18. The minimum Gasteiger partial charge on any atom is -0.290 e. The second-order valence-electron chi connectivity index (χ2n) is 1.86. The van der Waals surface area contributed by atoms with Gasteiger partial charge >= 0.3 is 0 Å². The summed E-state index contributed by atoms with van der Waals surface area (Å²) in [6.07, 6.45) is 5.11. The predicted molar refractivity (Wildman–Crippen MR) is 54.0 cm³/mol. The van der Waals surface area contributed by atoms with E-state index in [1.807, 2.05) is 4.90 Å². The van der Waals surface area contributed by atoms with E-state index in [2.05, 4.69) is 5.92 Å². The fourth-order valence-electron chi connectivity index (χ4n) is 0.638. The van der Waals surface area contributed by atoms with Crippen molar-refractivity contribution in [3.8, 4) is 12.3 Å². The topological polar surface area (TPSA) is 3.24 Å². The van der Waals surface area contributed by atoms with Gasteiger partial charge in [-0.15, -0.1) is 42.0 Å². The van der Waals surface area contributed by atoms with E-state index in [0.717, 1.165) is 13.1 Å². The lowest BCUT2D eigenvalue weighted by molar-refractivity contribution is 0.346. The predicted octanol–water partition coefficient (Wildman–Crippen LogP) is 1.82. The number of hydrogen-bond acceptors (Lipinski definition) is 1. The molecule has 0 radical (unpaired) electrons. The van der Waals surface area contributed by atoms with Gasteiger partial charge in [-0.3, -0.25) is 4.90 Å². The molecule has 0 saturated carbocycles. The van der Waals surface area contributed by atoms with Crippen molar-refractivity contribution in [2.24, 2.45) is 0 Å². The summed E-state index contributed by atoms with van der Waals surface area (Å²) < 4.78 is 0. The van der Waals surface area contributed by atoms with Crippen LogP contribution >= 0.6 is 35.6 Å². The third kappa shape index (κ3) is 8.29. The van der Waals surface area contributed by atoms with Crippen LogP contribution in [0.3, 0.4) is 0 Å². The number of terminal acetylenes is 1. The summed E-state index contributed by atoms with van der Waals surface area (Å²) in [6, 6.07) is 0. The summed E-state index contributed by atoms with van der Waals surface area (Å²) >= 11 is 11.0. The zero-order chi connectivity index (χ0) is 7.82. The van der Waals surface area contributed by atoms with E-state index < -0.39 is 0 Å². The monoisotopic (exact) mass is 215 g/mol. The van der Waals surface area contributed by atoms with Crippen LogP contribution < -0.4 is 0 Å². The number of alkyl halides is 2. The second-order valence-corrected chi connectivity index (χ2v) is 2.61. The van der Waals surface area contributed by atoms with Crippen LogP contribution in [-0.4, -0.2) is 36.3 Å². The van der Waals surface area contributed by atoms with E-state index in [0.29, 0.717) is 18.3 Å². The molecule has 0 unspecified atom stereocenters. The lowest BCUT2D eigenvalue weighted by Gasteiger charge is -2.15. The molecule has 0 rings (SSSR count). The first-order valence-corrected chi connectivity index (χ1v) is 4.19. The maximum atomic E-state index is 5.51. The largest absolute Gasteiger partial charge is 0.290 e. The fraction of sp³-hybridized carbons (Fsp3) is 0.714. The molecular formula is C7H12Cl3N. The number of hydrogen-bond donors (Lipinski definition) is 0. The van der Waals surface area contributed by atoms with Gasteiger partial charge in [0.15, 0.2) is 0 Å². The van der Waals surface area contributed by atoms with Crippen LogP contribution in [0, 0.1) is 12.3 Å². The summed E-state index contributed by atoms with van der Waals surface area (Å²) in [7, 11) is 0. The van der Waals surface area contributed by atoms with Gasteiger partial charge in [-0.2, -0.15) is 0 Å². The highest BCUT2D eigenvalue weighted by atomic mass is 35.5. The number of halogens is 3. The zero-order valence-corrected chi connectivity index (χ0v) is 8.55. The maximum absolute atomic E-state index is 5.51. The fourth-order valence-corrected chi connectivity index (χ4v) is 1.12. The van der Waals surface area contributed by atoms with E-state index >= 15 is 0 Å². The second kappa shape index (κ2) is 10.4. The van der Waals surface area contributed by atoms with Gasteiger partial charge in [-0.05, 0) is 0 Å². The molecule has 0 aromatic carbocycles. The van der Waals surface area contributed by atoms with Crippen molar-refractivity contribution in [3.05, 3.63) is 0 Å². The third-order valence-electron chi connectivity index (χ3n) is 1.12. The van der Waals surface area contributed by atoms with E-state index in [1.54, 1.807) is 0 Å². The van der Waals surface area contributed by atoms with Crippen LogP contribution in [0.25, 0.3) is 0 Å². The quantitative estimate of drug-likeness (QED) is 0.501. The van der Waals surface area contributed by atoms with Crippen molar-refractivity contribution in [3.63, 3.8) is 0 Å².